The molecule has 0 saturated heterocycles. The molecule has 1 saturated carbocycles. The summed E-state index contributed by atoms with van der Waals surface area (Å²) in [5, 5.41) is 0.265. The summed E-state index contributed by atoms with van der Waals surface area (Å²) in [6.07, 6.45) is -2.75. The van der Waals surface area contributed by atoms with E-state index < -0.39 is 12.7 Å². The predicted octanol–water partition coefficient (Wildman–Crippen LogP) is 3.45. The maximum Gasteiger partial charge on any atom is 0.405 e. The highest BCUT2D eigenvalue weighted by Crippen LogP contribution is 2.40. The Kier molecular flexibility index (Phi) is 3.12. The first-order valence-electron chi connectivity index (χ1n) is 5.26. The molecule has 0 amide bonds. The van der Waals surface area contributed by atoms with Gasteiger partial charge in [-0.3, -0.25) is 0 Å². The molecule has 0 atom stereocenters. The monoisotopic (exact) mass is 264 g/mol. The Morgan fingerprint density at radius 3 is 2.47 bits per heavy atom. The topological polar surface area (TPSA) is 29.3 Å². The highest BCUT2D eigenvalue weighted by Gasteiger charge is 2.39. The van der Waals surface area contributed by atoms with Crippen molar-refractivity contribution < 1.29 is 13.2 Å². The second-order valence-electron chi connectivity index (χ2n) is 4.15. The molecule has 0 bridgehead atoms. The number of nitrogen functional groups attached to an aromatic ring is 1. The van der Waals surface area contributed by atoms with Crippen LogP contribution in [0.25, 0.3) is 0 Å². The summed E-state index contributed by atoms with van der Waals surface area (Å²) in [5.74, 6) is 0. The normalized spacial score (nSPS) is 16.0. The van der Waals surface area contributed by atoms with Gasteiger partial charge in [-0.25, -0.2) is 0 Å². The quantitative estimate of drug-likeness (QED) is 0.847. The molecular formula is C11H12ClF3N2. The van der Waals surface area contributed by atoms with E-state index in [9.17, 15) is 13.2 Å². The molecule has 1 aliphatic carbocycles. The molecule has 0 unspecified atom stereocenters. The van der Waals surface area contributed by atoms with Gasteiger partial charge < -0.3 is 10.6 Å². The summed E-state index contributed by atoms with van der Waals surface area (Å²) in [6.45, 7) is -1.01. The van der Waals surface area contributed by atoms with Crippen LogP contribution in [0, 0.1) is 0 Å². The summed E-state index contributed by atoms with van der Waals surface area (Å²) >= 11 is 5.94. The van der Waals surface area contributed by atoms with Crippen molar-refractivity contribution in [2.45, 2.75) is 25.1 Å². The number of halogens is 4. The zero-order valence-corrected chi connectivity index (χ0v) is 9.72. The van der Waals surface area contributed by atoms with E-state index in [2.05, 4.69) is 0 Å². The van der Waals surface area contributed by atoms with Crippen LogP contribution in [0.1, 0.15) is 12.8 Å². The second-order valence-corrected chi connectivity index (χ2v) is 4.56. The number of benzene rings is 1. The van der Waals surface area contributed by atoms with Crippen molar-refractivity contribution >= 4 is 23.0 Å². The highest BCUT2D eigenvalue weighted by atomic mass is 35.5. The van der Waals surface area contributed by atoms with E-state index in [1.165, 1.54) is 4.90 Å². The van der Waals surface area contributed by atoms with Crippen LogP contribution >= 0.6 is 11.6 Å². The molecule has 0 radical (unpaired) electrons. The summed E-state index contributed by atoms with van der Waals surface area (Å²) in [7, 11) is 0. The van der Waals surface area contributed by atoms with Crippen LogP contribution in [-0.4, -0.2) is 18.8 Å². The molecule has 1 aromatic carbocycles. The van der Waals surface area contributed by atoms with E-state index in [-0.39, 0.29) is 16.8 Å². The molecule has 17 heavy (non-hydrogen) atoms. The molecule has 1 aliphatic rings. The number of nitrogens with two attached hydrogens (primary N) is 1. The van der Waals surface area contributed by atoms with E-state index in [1.807, 2.05) is 0 Å². The lowest BCUT2D eigenvalue weighted by atomic mass is 10.2. The van der Waals surface area contributed by atoms with Crippen molar-refractivity contribution in [3.8, 4) is 0 Å². The molecule has 2 N–H and O–H groups in total. The maximum absolute atomic E-state index is 12.5. The van der Waals surface area contributed by atoms with Gasteiger partial charge in [-0.05, 0) is 25.0 Å². The van der Waals surface area contributed by atoms with Crippen LogP contribution < -0.4 is 10.6 Å². The summed E-state index contributed by atoms with van der Waals surface area (Å²) < 4.78 is 37.6. The Bertz CT molecular complexity index is 395. The number of hydrogen-bond acceptors (Lipinski definition) is 2. The molecule has 1 fully saturated rings. The summed E-state index contributed by atoms with van der Waals surface area (Å²) in [4.78, 5) is 1.26. The molecule has 6 heteroatoms. The first kappa shape index (κ1) is 12.4. The molecule has 94 valence electrons. The first-order chi connectivity index (χ1) is 7.88. The number of rotatable bonds is 3. The van der Waals surface area contributed by atoms with Crippen LogP contribution in [0.15, 0.2) is 18.2 Å². The fourth-order valence-electron chi connectivity index (χ4n) is 1.81. The molecular weight excluding hydrogens is 253 g/mol. The fraction of sp³-hybridized carbons (Fsp3) is 0.455. The lowest BCUT2D eigenvalue weighted by Crippen LogP contribution is -2.36. The van der Waals surface area contributed by atoms with E-state index in [4.69, 9.17) is 17.3 Å². The average Bonchev–Trinajstić information content (AvgIpc) is 2.96. The minimum Gasteiger partial charge on any atom is -0.397 e. The molecule has 0 aromatic heterocycles. The Labute approximate surface area is 102 Å². The molecule has 1 aromatic rings. The van der Waals surface area contributed by atoms with Gasteiger partial charge in [-0.2, -0.15) is 13.2 Å². The van der Waals surface area contributed by atoms with E-state index in [0.717, 1.165) is 12.8 Å². The smallest absolute Gasteiger partial charge is 0.397 e. The molecule has 0 spiro atoms. The van der Waals surface area contributed by atoms with Gasteiger partial charge in [0.2, 0.25) is 0 Å². The Balaban J connectivity index is 2.32. The van der Waals surface area contributed by atoms with E-state index in [1.54, 1.807) is 18.2 Å². The van der Waals surface area contributed by atoms with Crippen LogP contribution in [-0.2, 0) is 0 Å². The zero-order chi connectivity index (χ0) is 12.6. The van der Waals surface area contributed by atoms with Crippen molar-refractivity contribution in [3.05, 3.63) is 23.2 Å². The Morgan fingerprint density at radius 2 is 2.00 bits per heavy atom. The van der Waals surface area contributed by atoms with Gasteiger partial charge in [0.15, 0.2) is 0 Å². The van der Waals surface area contributed by atoms with Crippen LogP contribution in [0.4, 0.5) is 24.5 Å². The SMILES string of the molecule is Nc1cccc(Cl)c1N(CC(F)(F)F)C1CC1. The van der Waals surface area contributed by atoms with Gasteiger partial charge in [0.1, 0.15) is 6.54 Å². The van der Waals surface area contributed by atoms with E-state index in [0.29, 0.717) is 5.69 Å². The number of anilines is 2. The number of para-hydroxylation sites is 1. The highest BCUT2D eigenvalue weighted by molar-refractivity contribution is 6.34. The van der Waals surface area contributed by atoms with Crippen LogP contribution in [0.3, 0.4) is 0 Å². The molecule has 2 rings (SSSR count). The second kappa shape index (κ2) is 4.29. The van der Waals surface area contributed by atoms with Gasteiger partial charge in [0, 0.05) is 6.04 Å². The van der Waals surface area contributed by atoms with Crippen LogP contribution in [0.5, 0.6) is 0 Å². The van der Waals surface area contributed by atoms with Gasteiger partial charge in [0.05, 0.1) is 16.4 Å². The Morgan fingerprint density at radius 1 is 1.35 bits per heavy atom. The number of nitrogens with zero attached hydrogens (tertiary/aromatic N) is 1. The third kappa shape index (κ3) is 2.97. The standard InChI is InChI=1S/C11H12ClF3N2/c12-8-2-1-3-9(16)10(8)17(7-4-5-7)6-11(13,14)15/h1-3,7H,4-6,16H2. The Hall–Kier alpha value is -1.10. The number of alkyl halides is 3. The van der Waals surface area contributed by atoms with Crippen molar-refractivity contribution in [1.29, 1.82) is 0 Å². The van der Waals surface area contributed by atoms with Gasteiger partial charge in [0.25, 0.3) is 0 Å². The van der Waals surface area contributed by atoms with Gasteiger partial charge >= 0.3 is 6.18 Å². The summed E-state index contributed by atoms with van der Waals surface area (Å²) in [5.41, 5.74) is 6.30. The van der Waals surface area contributed by atoms with Gasteiger partial charge in [-0.15, -0.1) is 0 Å². The minimum atomic E-state index is -4.26. The van der Waals surface area contributed by atoms with Crippen molar-refractivity contribution in [2.75, 3.05) is 17.2 Å². The van der Waals surface area contributed by atoms with Crippen LogP contribution in [0.2, 0.25) is 5.02 Å². The zero-order valence-electron chi connectivity index (χ0n) is 8.97. The first-order valence-corrected chi connectivity index (χ1v) is 5.63. The lowest BCUT2D eigenvalue weighted by Gasteiger charge is -2.27. The van der Waals surface area contributed by atoms with Crippen molar-refractivity contribution in [3.63, 3.8) is 0 Å². The minimum absolute atomic E-state index is 0.0983. The summed E-state index contributed by atoms with van der Waals surface area (Å²) in [6, 6.07) is 4.64. The third-order valence-corrected chi connectivity index (χ3v) is 2.95. The largest absolute Gasteiger partial charge is 0.405 e. The molecule has 0 aliphatic heterocycles. The molecule has 2 nitrogen and oxygen atoms in total. The lowest BCUT2D eigenvalue weighted by molar-refractivity contribution is -0.119. The predicted molar refractivity (Wildman–Crippen MR) is 62.3 cm³/mol. The maximum atomic E-state index is 12.5. The number of hydrogen-bond donors (Lipinski definition) is 1. The van der Waals surface area contributed by atoms with Crippen molar-refractivity contribution in [2.24, 2.45) is 0 Å². The van der Waals surface area contributed by atoms with Crippen molar-refractivity contribution in [1.82, 2.24) is 0 Å². The average molecular weight is 265 g/mol. The molecule has 0 heterocycles. The van der Waals surface area contributed by atoms with Gasteiger partial charge in [-0.1, -0.05) is 17.7 Å². The fourth-order valence-corrected chi connectivity index (χ4v) is 2.10. The van der Waals surface area contributed by atoms with E-state index >= 15 is 0 Å². The third-order valence-electron chi connectivity index (χ3n) is 2.64.